The molecular formula is C3H6O4. The molecule has 0 radical (unpaired) electrons. The third kappa shape index (κ3) is 2.13. The van der Waals surface area contributed by atoms with Gasteiger partial charge >= 0.3 is 5.97 Å². The molecule has 1 unspecified atom stereocenters. The van der Waals surface area contributed by atoms with Crippen LogP contribution >= 0.6 is 0 Å². The van der Waals surface area contributed by atoms with Crippen molar-refractivity contribution in [1.29, 1.82) is 1.43 Å². The van der Waals surface area contributed by atoms with Crippen LogP contribution in [0.4, 0.5) is 0 Å². The maximum Gasteiger partial charge on any atom is 0.334 e. The predicted molar refractivity (Wildman–Crippen MR) is 20.7 cm³/mol. The van der Waals surface area contributed by atoms with Crippen LogP contribution in [-0.4, -0.2) is 34.0 Å². The first-order valence-corrected chi connectivity index (χ1v) is 1.68. The molecule has 0 rings (SSSR count). The van der Waals surface area contributed by atoms with Crippen LogP contribution in [0.25, 0.3) is 1.43 Å². The van der Waals surface area contributed by atoms with Gasteiger partial charge in [0, 0.05) is 0 Å². The molecule has 0 aliphatic rings. The second-order valence-corrected chi connectivity index (χ2v) is 1.02. The number of carboxylic acid groups (broad SMARTS) is 1. The molecule has 0 heterocycles. The highest BCUT2D eigenvalue weighted by Gasteiger charge is 2.08. The molecule has 0 fully saturated rings. The Morgan fingerprint density at radius 3 is 2.71 bits per heavy atom. The number of aliphatic carboxylic acids is 1. The molecular weight excluding hydrogens is 100 g/mol. The molecule has 1 atom stereocenters. The van der Waals surface area contributed by atoms with Crippen LogP contribution in [0.3, 0.4) is 0 Å². The smallest absolute Gasteiger partial charge is 0.334 e. The maximum absolute atomic E-state index is 9.92. The standard InChI is InChI=1S/C3H6O4/c4-1-2(5)3(6)7/h2,4-5H,1H2,(H,6,7)/i/hD. The van der Waals surface area contributed by atoms with E-state index in [1.54, 1.807) is 0 Å². The van der Waals surface area contributed by atoms with Gasteiger partial charge in [-0.1, -0.05) is 0 Å². The molecule has 0 spiro atoms. The van der Waals surface area contributed by atoms with Crippen LogP contribution < -0.4 is 0 Å². The van der Waals surface area contributed by atoms with E-state index in [4.69, 9.17) is 11.6 Å². The monoisotopic (exact) mass is 107 g/mol. The van der Waals surface area contributed by atoms with Gasteiger partial charge in [0.1, 0.15) is 0 Å². The zero-order valence-electron chi connectivity index (χ0n) is 4.50. The van der Waals surface area contributed by atoms with Crippen LogP contribution in [0.1, 0.15) is 0 Å². The van der Waals surface area contributed by atoms with Gasteiger partial charge in [-0.15, -0.1) is 0 Å². The minimum atomic E-state index is -1.58. The van der Waals surface area contributed by atoms with Gasteiger partial charge in [-0.3, -0.25) is 0 Å². The summed E-state index contributed by atoms with van der Waals surface area (Å²) in [7, 11) is 0. The van der Waals surface area contributed by atoms with Crippen molar-refractivity contribution in [2.24, 2.45) is 0 Å². The van der Waals surface area contributed by atoms with Gasteiger partial charge in [0.2, 0.25) is 0 Å². The molecule has 3 N–H and O–H groups in total. The zero-order valence-corrected chi connectivity index (χ0v) is 3.50. The van der Waals surface area contributed by atoms with Gasteiger partial charge in [-0.25, -0.2) is 4.79 Å². The van der Waals surface area contributed by atoms with Gasteiger partial charge < -0.3 is 15.3 Å². The van der Waals surface area contributed by atoms with Gasteiger partial charge in [0.25, 0.3) is 1.43 Å². The predicted octanol–water partition coefficient (Wildman–Crippen LogP) is -1.58. The number of aliphatic hydroxyl groups excluding tert-OH is 2. The number of carboxylic acids is 1. The summed E-state index contributed by atoms with van der Waals surface area (Å²) >= 11 is 0. The van der Waals surface area contributed by atoms with Gasteiger partial charge in [0.05, 0.1) is 6.61 Å². The van der Waals surface area contributed by atoms with Crippen LogP contribution in [-0.2, 0) is 4.79 Å². The van der Waals surface area contributed by atoms with Crippen molar-refractivity contribution < 1.29 is 20.1 Å². The molecule has 42 valence electrons. The lowest BCUT2D eigenvalue weighted by molar-refractivity contribution is -0.148. The molecule has 0 aliphatic carbocycles. The average Bonchev–Trinajstić information content (AvgIpc) is 1.84. The van der Waals surface area contributed by atoms with E-state index in [2.05, 4.69) is 5.11 Å². The molecule has 0 aromatic heterocycles. The average molecular weight is 107 g/mol. The fourth-order valence-electron chi connectivity index (χ4n) is 0.0745. The largest absolute Gasteiger partial charge is 0.479 e. The second-order valence-electron chi connectivity index (χ2n) is 1.02. The first-order chi connectivity index (χ1) is 3.72. The molecule has 0 aromatic rings. The van der Waals surface area contributed by atoms with Crippen molar-refractivity contribution in [2.45, 2.75) is 6.10 Å². The normalized spacial score (nSPS) is 14.9. The van der Waals surface area contributed by atoms with Crippen molar-refractivity contribution >= 4 is 5.97 Å². The van der Waals surface area contributed by atoms with E-state index in [1.165, 1.54) is 0 Å². The van der Waals surface area contributed by atoms with Crippen LogP contribution in [0.15, 0.2) is 0 Å². The summed E-state index contributed by atoms with van der Waals surface area (Å²) in [5.74, 6) is -1.15. The first-order valence-electron chi connectivity index (χ1n) is 2.09. The van der Waals surface area contributed by atoms with Crippen LogP contribution in [0, 0.1) is 0 Å². The maximum atomic E-state index is 9.92. The van der Waals surface area contributed by atoms with Crippen LogP contribution in [0.5, 0.6) is 0 Å². The SMILES string of the molecule is [2H]OC(=O)C(O)CO. The Bertz CT molecular complexity index is 83.4. The van der Waals surface area contributed by atoms with E-state index in [0.717, 1.165) is 0 Å². The summed E-state index contributed by atoms with van der Waals surface area (Å²) in [6.07, 6.45) is -1.58. The molecule has 4 nitrogen and oxygen atoms in total. The fraction of sp³-hybridized carbons (Fsp3) is 0.667. The molecule has 7 heavy (non-hydrogen) atoms. The van der Waals surface area contributed by atoms with E-state index in [0.29, 0.717) is 0 Å². The molecule has 0 bridgehead atoms. The van der Waals surface area contributed by atoms with Crippen molar-refractivity contribution in [2.75, 3.05) is 6.61 Å². The molecule has 4 heteroatoms. The van der Waals surface area contributed by atoms with Crippen molar-refractivity contribution in [1.82, 2.24) is 0 Å². The second kappa shape index (κ2) is 2.54. The molecule has 0 saturated heterocycles. The van der Waals surface area contributed by atoms with E-state index in [-0.39, 0.29) is 0 Å². The third-order valence-corrected chi connectivity index (χ3v) is 0.445. The summed E-state index contributed by atoms with van der Waals surface area (Å²) in [4.78, 5) is 9.92. The number of aliphatic hydroxyl groups is 2. The minimum Gasteiger partial charge on any atom is -0.479 e. The van der Waals surface area contributed by atoms with Gasteiger partial charge in [-0.05, 0) is 0 Å². The Balaban J connectivity index is 3.46. The van der Waals surface area contributed by atoms with E-state index >= 15 is 0 Å². The third-order valence-electron chi connectivity index (χ3n) is 0.445. The summed E-state index contributed by atoms with van der Waals surface area (Å²) in [5.41, 5.74) is 0. The zero-order chi connectivity index (χ0) is 6.57. The number of rotatable bonds is 2. The highest BCUT2D eigenvalue weighted by Crippen LogP contribution is 1.75. The van der Waals surface area contributed by atoms with Crippen molar-refractivity contribution in [3.8, 4) is 0 Å². The van der Waals surface area contributed by atoms with Crippen LogP contribution in [0.2, 0.25) is 0 Å². The molecule has 0 aliphatic heterocycles. The van der Waals surface area contributed by atoms with E-state index < -0.39 is 18.7 Å². The highest BCUT2D eigenvalue weighted by atomic mass is 16.4. The van der Waals surface area contributed by atoms with E-state index in [1.807, 2.05) is 0 Å². The van der Waals surface area contributed by atoms with Crippen molar-refractivity contribution in [3.05, 3.63) is 0 Å². The van der Waals surface area contributed by atoms with Crippen molar-refractivity contribution in [3.63, 3.8) is 0 Å². The summed E-state index contributed by atoms with van der Waals surface area (Å²) < 4.78 is 5.92. The molecule has 0 saturated carbocycles. The van der Waals surface area contributed by atoms with Gasteiger partial charge in [0.15, 0.2) is 6.10 Å². The Kier molecular flexibility index (Phi) is 1.65. The van der Waals surface area contributed by atoms with E-state index in [9.17, 15) is 4.79 Å². The number of carbonyl (C=O) groups is 1. The summed E-state index contributed by atoms with van der Waals surface area (Å²) in [6, 6.07) is 0. The number of hydrogen-bond acceptors (Lipinski definition) is 4. The lowest BCUT2D eigenvalue weighted by atomic mass is 10.4. The number of hydrogen-bond donors (Lipinski definition) is 3. The first kappa shape index (κ1) is 4.55. The Morgan fingerprint density at radius 2 is 2.57 bits per heavy atom. The molecule has 0 amide bonds. The minimum absolute atomic E-state index is 0.711. The quantitative estimate of drug-likeness (QED) is 0.398. The lowest BCUT2D eigenvalue weighted by Crippen LogP contribution is -2.22. The fourth-order valence-corrected chi connectivity index (χ4v) is 0.0745. The highest BCUT2D eigenvalue weighted by molar-refractivity contribution is 5.71. The lowest BCUT2D eigenvalue weighted by Gasteiger charge is -1.95. The van der Waals surface area contributed by atoms with Gasteiger partial charge in [-0.2, -0.15) is 0 Å². The topological polar surface area (TPSA) is 77.8 Å². The summed E-state index contributed by atoms with van der Waals surface area (Å²) in [5, 5.41) is 19.6. The Labute approximate surface area is 41.5 Å². The Hall–Kier alpha value is -0.610. The summed E-state index contributed by atoms with van der Waals surface area (Å²) in [6.45, 7) is -0.711. The molecule has 0 aromatic carbocycles. The Morgan fingerprint density at radius 1 is 2.00 bits per heavy atom.